The lowest BCUT2D eigenvalue weighted by Gasteiger charge is -2.17. The summed E-state index contributed by atoms with van der Waals surface area (Å²) >= 11 is 0. The molecule has 0 atom stereocenters. The van der Waals surface area contributed by atoms with Crippen LogP contribution in [0.3, 0.4) is 0 Å². The van der Waals surface area contributed by atoms with Gasteiger partial charge in [-0.3, -0.25) is 0 Å². The monoisotopic (exact) mass is 246 g/mol. The first-order valence-electron chi connectivity index (χ1n) is 6.02. The van der Waals surface area contributed by atoms with Crippen molar-refractivity contribution in [3.63, 3.8) is 0 Å². The lowest BCUT2D eigenvalue weighted by Crippen LogP contribution is -2.21. The summed E-state index contributed by atoms with van der Waals surface area (Å²) in [6, 6.07) is 11.0. The molecule has 0 radical (unpaired) electrons. The lowest BCUT2D eigenvalue weighted by atomic mass is 10.1. The SMILES string of the molecule is CC(C)(O)CCOc1ccc2ccc(O)cc2c1. The minimum Gasteiger partial charge on any atom is -0.508 e. The highest BCUT2D eigenvalue weighted by atomic mass is 16.5. The number of aromatic hydroxyl groups is 1. The summed E-state index contributed by atoms with van der Waals surface area (Å²) in [5, 5.41) is 21.0. The van der Waals surface area contributed by atoms with Crippen molar-refractivity contribution in [2.45, 2.75) is 25.9 Å². The fraction of sp³-hybridized carbons (Fsp3) is 0.333. The Hall–Kier alpha value is -1.74. The molecule has 18 heavy (non-hydrogen) atoms. The number of phenols is 1. The van der Waals surface area contributed by atoms with Crippen LogP contribution >= 0.6 is 0 Å². The molecule has 0 aliphatic carbocycles. The van der Waals surface area contributed by atoms with E-state index in [0.29, 0.717) is 13.0 Å². The van der Waals surface area contributed by atoms with Gasteiger partial charge < -0.3 is 14.9 Å². The Labute approximate surface area is 107 Å². The molecule has 3 heteroatoms. The van der Waals surface area contributed by atoms with Crippen molar-refractivity contribution in [2.75, 3.05) is 6.61 Å². The maximum absolute atomic E-state index is 9.59. The van der Waals surface area contributed by atoms with Crippen LogP contribution in [-0.2, 0) is 0 Å². The standard InChI is InChI=1S/C15H18O3/c1-15(2,17)7-8-18-14-6-4-11-3-5-13(16)9-12(11)10-14/h3-6,9-10,16-17H,7-8H2,1-2H3. The van der Waals surface area contributed by atoms with Gasteiger partial charge in [-0.25, -0.2) is 0 Å². The van der Waals surface area contributed by atoms with Gasteiger partial charge >= 0.3 is 0 Å². The second kappa shape index (κ2) is 4.86. The van der Waals surface area contributed by atoms with Gasteiger partial charge in [0.25, 0.3) is 0 Å². The zero-order valence-electron chi connectivity index (χ0n) is 10.7. The molecule has 96 valence electrons. The third-order valence-corrected chi connectivity index (χ3v) is 2.78. The zero-order chi connectivity index (χ0) is 13.2. The Bertz CT molecular complexity index is 541. The highest BCUT2D eigenvalue weighted by molar-refractivity contribution is 5.85. The number of phenolic OH excluding ortho intramolecular Hbond substituents is 1. The van der Waals surface area contributed by atoms with Crippen molar-refractivity contribution < 1.29 is 14.9 Å². The van der Waals surface area contributed by atoms with E-state index in [2.05, 4.69) is 0 Å². The third-order valence-electron chi connectivity index (χ3n) is 2.78. The van der Waals surface area contributed by atoms with Gasteiger partial charge in [-0.05, 0) is 48.9 Å². The fourth-order valence-electron chi connectivity index (χ4n) is 1.72. The molecule has 0 amide bonds. The molecule has 2 aromatic rings. The van der Waals surface area contributed by atoms with E-state index in [9.17, 15) is 10.2 Å². The molecule has 0 heterocycles. The first-order valence-corrected chi connectivity index (χ1v) is 6.02. The van der Waals surface area contributed by atoms with Crippen molar-refractivity contribution in [1.82, 2.24) is 0 Å². The molecular formula is C15H18O3. The van der Waals surface area contributed by atoms with Crippen molar-refractivity contribution >= 4 is 10.8 Å². The van der Waals surface area contributed by atoms with Gasteiger partial charge in [0.15, 0.2) is 0 Å². The van der Waals surface area contributed by atoms with Gasteiger partial charge in [0.1, 0.15) is 11.5 Å². The summed E-state index contributed by atoms with van der Waals surface area (Å²) in [6.45, 7) is 3.98. The van der Waals surface area contributed by atoms with Gasteiger partial charge in [0.2, 0.25) is 0 Å². The number of rotatable bonds is 4. The van der Waals surface area contributed by atoms with Crippen LogP contribution in [0.25, 0.3) is 10.8 Å². The quantitative estimate of drug-likeness (QED) is 0.871. The summed E-state index contributed by atoms with van der Waals surface area (Å²) in [6.07, 6.45) is 0.574. The van der Waals surface area contributed by atoms with Crippen LogP contribution in [0.2, 0.25) is 0 Å². The second-order valence-electron chi connectivity index (χ2n) is 5.10. The first-order chi connectivity index (χ1) is 8.44. The molecule has 0 aromatic heterocycles. The summed E-state index contributed by atoms with van der Waals surface area (Å²) in [4.78, 5) is 0. The average Bonchev–Trinajstić information content (AvgIpc) is 2.26. The van der Waals surface area contributed by atoms with Crippen molar-refractivity contribution in [1.29, 1.82) is 0 Å². The topological polar surface area (TPSA) is 49.7 Å². The Kier molecular flexibility index (Phi) is 3.43. The number of ether oxygens (including phenoxy) is 1. The second-order valence-corrected chi connectivity index (χ2v) is 5.10. The Morgan fingerprint density at radius 1 is 1.06 bits per heavy atom. The predicted molar refractivity (Wildman–Crippen MR) is 72.0 cm³/mol. The minimum atomic E-state index is -0.713. The van der Waals surface area contributed by atoms with E-state index in [1.54, 1.807) is 26.0 Å². The number of benzene rings is 2. The number of aliphatic hydroxyl groups is 1. The van der Waals surface area contributed by atoms with Crippen molar-refractivity contribution in [2.24, 2.45) is 0 Å². The van der Waals surface area contributed by atoms with E-state index in [-0.39, 0.29) is 5.75 Å². The van der Waals surface area contributed by atoms with Gasteiger partial charge in [0, 0.05) is 6.42 Å². The minimum absolute atomic E-state index is 0.246. The zero-order valence-corrected chi connectivity index (χ0v) is 10.7. The summed E-state index contributed by atoms with van der Waals surface area (Å²) in [5.41, 5.74) is -0.713. The van der Waals surface area contributed by atoms with Crippen LogP contribution in [0.4, 0.5) is 0 Å². The molecule has 0 unspecified atom stereocenters. The number of hydrogen-bond donors (Lipinski definition) is 2. The molecule has 3 nitrogen and oxygen atoms in total. The Morgan fingerprint density at radius 3 is 2.50 bits per heavy atom. The molecule has 0 fully saturated rings. The van der Waals surface area contributed by atoms with Crippen LogP contribution in [0.5, 0.6) is 11.5 Å². The predicted octanol–water partition coefficient (Wildman–Crippen LogP) is 3.09. The van der Waals surface area contributed by atoms with Crippen molar-refractivity contribution in [3.8, 4) is 11.5 Å². The number of hydrogen-bond acceptors (Lipinski definition) is 3. The van der Waals surface area contributed by atoms with Gasteiger partial charge in [0.05, 0.1) is 12.2 Å². The fourth-order valence-corrected chi connectivity index (χ4v) is 1.72. The van der Waals surface area contributed by atoms with Gasteiger partial charge in [-0.2, -0.15) is 0 Å². The average molecular weight is 246 g/mol. The maximum atomic E-state index is 9.59. The molecule has 0 bridgehead atoms. The molecule has 0 saturated heterocycles. The van der Waals surface area contributed by atoms with E-state index in [1.807, 2.05) is 24.3 Å². The van der Waals surface area contributed by atoms with Crippen LogP contribution in [-0.4, -0.2) is 22.4 Å². The third kappa shape index (κ3) is 3.37. The molecule has 0 spiro atoms. The molecule has 2 aromatic carbocycles. The van der Waals surface area contributed by atoms with Crippen LogP contribution in [0.15, 0.2) is 36.4 Å². The van der Waals surface area contributed by atoms with E-state index >= 15 is 0 Å². The van der Waals surface area contributed by atoms with Crippen LogP contribution in [0.1, 0.15) is 20.3 Å². The Morgan fingerprint density at radius 2 is 1.78 bits per heavy atom. The van der Waals surface area contributed by atoms with E-state index in [4.69, 9.17) is 4.74 Å². The summed E-state index contributed by atoms with van der Waals surface area (Å²) < 4.78 is 5.59. The molecular weight excluding hydrogens is 228 g/mol. The van der Waals surface area contributed by atoms with Crippen LogP contribution < -0.4 is 4.74 Å². The molecule has 2 rings (SSSR count). The summed E-state index contributed by atoms with van der Waals surface area (Å²) in [5.74, 6) is 0.994. The van der Waals surface area contributed by atoms with Gasteiger partial charge in [-0.15, -0.1) is 0 Å². The first kappa shape index (κ1) is 12.7. The highest BCUT2D eigenvalue weighted by Gasteiger charge is 2.12. The largest absolute Gasteiger partial charge is 0.508 e. The maximum Gasteiger partial charge on any atom is 0.119 e. The van der Waals surface area contributed by atoms with Crippen molar-refractivity contribution in [3.05, 3.63) is 36.4 Å². The Balaban J connectivity index is 2.10. The molecule has 0 aliphatic rings. The smallest absolute Gasteiger partial charge is 0.119 e. The van der Waals surface area contributed by atoms with E-state index in [0.717, 1.165) is 16.5 Å². The van der Waals surface area contributed by atoms with Crippen LogP contribution in [0, 0.1) is 0 Å². The summed E-state index contributed by atoms with van der Waals surface area (Å²) in [7, 11) is 0. The van der Waals surface area contributed by atoms with E-state index < -0.39 is 5.60 Å². The molecule has 2 N–H and O–H groups in total. The molecule has 0 saturated carbocycles. The molecule has 0 aliphatic heterocycles. The van der Waals surface area contributed by atoms with E-state index in [1.165, 1.54) is 0 Å². The van der Waals surface area contributed by atoms with Gasteiger partial charge in [-0.1, -0.05) is 12.1 Å². The highest BCUT2D eigenvalue weighted by Crippen LogP contribution is 2.24. The normalized spacial score (nSPS) is 11.7. The number of fused-ring (bicyclic) bond motifs is 1. The lowest BCUT2D eigenvalue weighted by molar-refractivity contribution is 0.0554.